The van der Waals surface area contributed by atoms with Crippen molar-refractivity contribution in [2.24, 2.45) is 16.6 Å². The lowest BCUT2D eigenvalue weighted by Gasteiger charge is -2.01. The number of aromatic nitrogens is 1. The SMILES string of the molecule is NC(N)=NNc1cccc2[nH]ccc12. The Bertz CT molecular complexity index is 467. The van der Waals surface area contributed by atoms with Crippen LogP contribution in [0.15, 0.2) is 35.6 Å². The van der Waals surface area contributed by atoms with Crippen LogP contribution in [0.1, 0.15) is 0 Å². The lowest BCUT2D eigenvalue weighted by atomic mass is 10.2. The Hall–Kier alpha value is -2.17. The van der Waals surface area contributed by atoms with Gasteiger partial charge in [0.2, 0.25) is 5.96 Å². The van der Waals surface area contributed by atoms with Crippen molar-refractivity contribution < 1.29 is 0 Å². The molecule has 0 atom stereocenters. The van der Waals surface area contributed by atoms with Crippen LogP contribution < -0.4 is 16.9 Å². The molecule has 0 bridgehead atoms. The monoisotopic (exact) mass is 189 g/mol. The molecular weight excluding hydrogens is 178 g/mol. The van der Waals surface area contributed by atoms with Crippen LogP contribution in [0.5, 0.6) is 0 Å². The molecule has 1 aromatic heterocycles. The van der Waals surface area contributed by atoms with Crippen molar-refractivity contribution in [3.8, 4) is 0 Å². The molecule has 0 fully saturated rings. The number of fused-ring (bicyclic) bond motifs is 1. The van der Waals surface area contributed by atoms with E-state index in [4.69, 9.17) is 11.5 Å². The maximum absolute atomic E-state index is 5.22. The first kappa shape index (κ1) is 8.43. The number of H-pyrrole nitrogens is 1. The fraction of sp³-hybridized carbons (Fsp3) is 0. The van der Waals surface area contributed by atoms with Crippen LogP contribution in [0.3, 0.4) is 0 Å². The largest absolute Gasteiger partial charge is 0.369 e. The summed E-state index contributed by atoms with van der Waals surface area (Å²) >= 11 is 0. The molecular formula is C9H11N5. The Morgan fingerprint density at radius 3 is 2.93 bits per heavy atom. The van der Waals surface area contributed by atoms with E-state index in [1.165, 1.54) is 0 Å². The number of hydrogen-bond acceptors (Lipinski definition) is 2. The number of nitrogens with zero attached hydrogens (tertiary/aromatic N) is 1. The zero-order valence-electron chi connectivity index (χ0n) is 7.49. The number of hydrazone groups is 1. The Kier molecular flexibility index (Phi) is 1.98. The van der Waals surface area contributed by atoms with Crippen LogP contribution in [-0.2, 0) is 0 Å². The fourth-order valence-electron chi connectivity index (χ4n) is 1.31. The van der Waals surface area contributed by atoms with E-state index in [9.17, 15) is 0 Å². The number of guanidine groups is 1. The third-order valence-corrected chi connectivity index (χ3v) is 1.90. The molecule has 1 aromatic carbocycles. The summed E-state index contributed by atoms with van der Waals surface area (Å²) < 4.78 is 0. The highest BCUT2D eigenvalue weighted by Crippen LogP contribution is 2.21. The average molecular weight is 189 g/mol. The van der Waals surface area contributed by atoms with Crippen LogP contribution in [0.25, 0.3) is 10.9 Å². The van der Waals surface area contributed by atoms with E-state index in [1.807, 2.05) is 30.5 Å². The lowest BCUT2D eigenvalue weighted by molar-refractivity contribution is 1.30. The zero-order valence-corrected chi connectivity index (χ0v) is 7.49. The summed E-state index contributed by atoms with van der Waals surface area (Å²) in [5.74, 6) is 0.0116. The first-order chi connectivity index (χ1) is 6.77. The third kappa shape index (κ3) is 1.47. The van der Waals surface area contributed by atoms with Gasteiger partial charge in [0.15, 0.2) is 0 Å². The Morgan fingerprint density at radius 2 is 2.14 bits per heavy atom. The highest BCUT2D eigenvalue weighted by atomic mass is 15.3. The molecule has 0 aliphatic carbocycles. The van der Waals surface area contributed by atoms with Gasteiger partial charge in [-0.1, -0.05) is 6.07 Å². The summed E-state index contributed by atoms with van der Waals surface area (Å²) in [5.41, 5.74) is 15.1. The number of nitrogens with one attached hydrogen (secondary N) is 2. The second kappa shape index (κ2) is 3.29. The molecule has 5 heteroatoms. The molecule has 0 unspecified atom stereocenters. The van der Waals surface area contributed by atoms with E-state index in [2.05, 4.69) is 15.5 Å². The second-order valence-electron chi connectivity index (χ2n) is 2.89. The predicted octanol–water partition coefficient (Wildman–Crippen LogP) is 0.768. The number of rotatable bonds is 2. The fourth-order valence-corrected chi connectivity index (χ4v) is 1.31. The number of benzene rings is 1. The van der Waals surface area contributed by atoms with E-state index in [1.54, 1.807) is 0 Å². The maximum Gasteiger partial charge on any atom is 0.208 e. The Labute approximate surface area is 80.8 Å². The van der Waals surface area contributed by atoms with Crippen LogP contribution >= 0.6 is 0 Å². The van der Waals surface area contributed by atoms with Crippen molar-refractivity contribution in [2.45, 2.75) is 0 Å². The van der Waals surface area contributed by atoms with Crippen molar-refractivity contribution in [3.63, 3.8) is 0 Å². The number of hydrogen-bond donors (Lipinski definition) is 4. The summed E-state index contributed by atoms with van der Waals surface area (Å²) in [6.45, 7) is 0. The molecule has 2 rings (SSSR count). The van der Waals surface area contributed by atoms with Crippen molar-refractivity contribution in [1.29, 1.82) is 0 Å². The van der Waals surface area contributed by atoms with E-state index in [0.29, 0.717) is 0 Å². The molecule has 6 N–H and O–H groups in total. The minimum atomic E-state index is 0.0116. The van der Waals surface area contributed by atoms with Crippen molar-refractivity contribution >= 4 is 22.5 Å². The van der Waals surface area contributed by atoms with Crippen molar-refractivity contribution in [3.05, 3.63) is 30.5 Å². The van der Waals surface area contributed by atoms with Crippen LogP contribution in [0.4, 0.5) is 5.69 Å². The maximum atomic E-state index is 5.22. The predicted molar refractivity (Wildman–Crippen MR) is 57.7 cm³/mol. The molecule has 2 aromatic rings. The summed E-state index contributed by atoms with van der Waals surface area (Å²) in [6.07, 6.45) is 1.87. The number of nitrogens with two attached hydrogens (primary N) is 2. The van der Waals surface area contributed by atoms with E-state index >= 15 is 0 Å². The summed E-state index contributed by atoms with van der Waals surface area (Å²) in [6, 6.07) is 7.77. The van der Waals surface area contributed by atoms with Gasteiger partial charge < -0.3 is 16.5 Å². The van der Waals surface area contributed by atoms with Crippen LogP contribution in [-0.4, -0.2) is 10.9 Å². The number of aromatic amines is 1. The molecule has 72 valence electrons. The smallest absolute Gasteiger partial charge is 0.208 e. The van der Waals surface area contributed by atoms with Gasteiger partial charge in [0.25, 0.3) is 0 Å². The van der Waals surface area contributed by atoms with Gasteiger partial charge in [0.05, 0.1) is 5.69 Å². The quantitative estimate of drug-likeness (QED) is 0.319. The minimum Gasteiger partial charge on any atom is -0.369 e. The molecule has 0 radical (unpaired) electrons. The zero-order chi connectivity index (χ0) is 9.97. The van der Waals surface area contributed by atoms with Gasteiger partial charge in [-0.05, 0) is 18.2 Å². The minimum absolute atomic E-state index is 0.0116. The molecule has 0 spiro atoms. The van der Waals surface area contributed by atoms with E-state index < -0.39 is 0 Å². The average Bonchev–Trinajstić information content (AvgIpc) is 2.62. The van der Waals surface area contributed by atoms with Crippen molar-refractivity contribution in [2.75, 3.05) is 5.43 Å². The Morgan fingerprint density at radius 1 is 1.29 bits per heavy atom. The number of anilines is 1. The van der Waals surface area contributed by atoms with Gasteiger partial charge in [0, 0.05) is 17.1 Å². The van der Waals surface area contributed by atoms with E-state index in [-0.39, 0.29) is 5.96 Å². The molecule has 0 amide bonds. The molecule has 0 aliphatic heterocycles. The molecule has 5 nitrogen and oxygen atoms in total. The molecule has 0 aliphatic rings. The normalized spacial score (nSPS) is 10.0. The van der Waals surface area contributed by atoms with Gasteiger partial charge in [-0.3, -0.25) is 5.43 Å². The van der Waals surface area contributed by atoms with Crippen LogP contribution in [0.2, 0.25) is 0 Å². The van der Waals surface area contributed by atoms with Gasteiger partial charge >= 0.3 is 0 Å². The highest BCUT2D eigenvalue weighted by molar-refractivity contribution is 5.92. The second-order valence-corrected chi connectivity index (χ2v) is 2.89. The van der Waals surface area contributed by atoms with Gasteiger partial charge in [0.1, 0.15) is 0 Å². The van der Waals surface area contributed by atoms with Gasteiger partial charge in [-0.2, -0.15) is 0 Å². The standard InChI is InChI=1S/C9H11N5/c10-9(11)14-13-8-3-1-2-7-6(8)4-5-12-7/h1-5,12-13H,(H4,10,11,14). The topological polar surface area (TPSA) is 92.2 Å². The van der Waals surface area contributed by atoms with E-state index in [0.717, 1.165) is 16.6 Å². The highest BCUT2D eigenvalue weighted by Gasteiger charge is 1.99. The summed E-state index contributed by atoms with van der Waals surface area (Å²) in [4.78, 5) is 3.10. The van der Waals surface area contributed by atoms with Crippen LogP contribution in [0, 0.1) is 0 Å². The van der Waals surface area contributed by atoms with Crippen molar-refractivity contribution in [1.82, 2.24) is 4.98 Å². The first-order valence-corrected chi connectivity index (χ1v) is 4.18. The van der Waals surface area contributed by atoms with Gasteiger partial charge in [-0.25, -0.2) is 0 Å². The third-order valence-electron chi connectivity index (χ3n) is 1.90. The summed E-state index contributed by atoms with van der Waals surface area (Å²) in [7, 11) is 0. The molecule has 14 heavy (non-hydrogen) atoms. The molecule has 1 heterocycles. The molecule has 0 saturated carbocycles. The molecule has 0 saturated heterocycles. The first-order valence-electron chi connectivity index (χ1n) is 4.18. The Balaban J connectivity index is 2.41. The summed E-state index contributed by atoms with van der Waals surface area (Å²) in [5, 5.41) is 4.79. The van der Waals surface area contributed by atoms with Gasteiger partial charge in [-0.15, -0.1) is 5.10 Å². The lowest BCUT2D eigenvalue weighted by Crippen LogP contribution is -2.23.